The standard InChI is InChI=1S/C27H26N2O3/c1-17(2)32-23-14-11-20(12-15-23)24-25(28-21-13-10-18(3)19(4)16-21)27(31)29(26(24)30)22-8-6-5-7-9-22/h5-17,28H,1-4H3. The van der Waals surface area contributed by atoms with Gasteiger partial charge in [0.25, 0.3) is 11.8 Å². The third kappa shape index (κ3) is 4.14. The predicted octanol–water partition coefficient (Wildman–Crippen LogP) is 5.49. The Morgan fingerprint density at radius 3 is 2.12 bits per heavy atom. The number of hydrogen-bond donors (Lipinski definition) is 1. The number of aryl methyl sites for hydroxylation is 2. The van der Waals surface area contributed by atoms with Crippen molar-refractivity contribution >= 4 is 28.8 Å². The van der Waals surface area contributed by atoms with E-state index in [2.05, 4.69) is 5.32 Å². The van der Waals surface area contributed by atoms with Crippen molar-refractivity contribution in [1.29, 1.82) is 0 Å². The summed E-state index contributed by atoms with van der Waals surface area (Å²) in [5.74, 6) is -0.0216. The monoisotopic (exact) mass is 426 g/mol. The van der Waals surface area contributed by atoms with E-state index in [0.29, 0.717) is 22.6 Å². The van der Waals surface area contributed by atoms with Crippen molar-refractivity contribution in [3.05, 3.63) is 95.2 Å². The molecule has 0 unspecified atom stereocenters. The Morgan fingerprint density at radius 1 is 0.812 bits per heavy atom. The summed E-state index contributed by atoms with van der Waals surface area (Å²) in [6.45, 7) is 7.96. The van der Waals surface area contributed by atoms with E-state index in [1.807, 2.05) is 88.4 Å². The second-order valence-corrected chi connectivity index (χ2v) is 8.15. The second-order valence-electron chi connectivity index (χ2n) is 8.15. The highest BCUT2D eigenvalue weighted by Gasteiger charge is 2.40. The lowest BCUT2D eigenvalue weighted by atomic mass is 10.0. The van der Waals surface area contributed by atoms with Gasteiger partial charge in [-0.2, -0.15) is 0 Å². The summed E-state index contributed by atoms with van der Waals surface area (Å²) in [6.07, 6.45) is 0.0466. The molecule has 0 bridgehead atoms. The van der Waals surface area contributed by atoms with Crippen molar-refractivity contribution < 1.29 is 14.3 Å². The molecule has 4 rings (SSSR count). The van der Waals surface area contributed by atoms with Crippen LogP contribution in [-0.4, -0.2) is 17.9 Å². The molecule has 2 amide bonds. The largest absolute Gasteiger partial charge is 0.491 e. The van der Waals surface area contributed by atoms with E-state index in [9.17, 15) is 9.59 Å². The van der Waals surface area contributed by atoms with Crippen LogP contribution in [0.15, 0.2) is 78.5 Å². The van der Waals surface area contributed by atoms with Crippen molar-refractivity contribution in [3.8, 4) is 5.75 Å². The minimum absolute atomic E-state index is 0.0466. The number of para-hydroxylation sites is 1. The molecule has 0 aromatic heterocycles. The van der Waals surface area contributed by atoms with Gasteiger partial charge >= 0.3 is 0 Å². The van der Waals surface area contributed by atoms with Crippen LogP contribution in [0.1, 0.15) is 30.5 Å². The molecule has 0 atom stereocenters. The first-order valence-corrected chi connectivity index (χ1v) is 10.6. The van der Waals surface area contributed by atoms with Gasteiger partial charge in [-0.25, -0.2) is 4.90 Å². The van der Waals surface area contributed by atoms with Gasteiger partial charge in [0.15, 0.2) is 0 Å². The topological polar surface area (TPSA) is 58.6 Å². The van der Waals surface area contributed by atoms with Crippen LogP contribution in [0.3, 0.4) is 0 Å². The minimum Gasteiger partial charge on any atom is -0.491 e. The Balaban J connectivity index is 1.78. The smallest absolute Gasteiger partial charge is 0.282 e. The Kier molecular flexibility index (Phi) is 5.82. The van der Waals surface area contributed by atoms with Crippen LogP contribution in [-0.2, 0) is 9.59 Å². The first-order chi connectivity index (χ1) is 15.3. The average molecular weight is 427 g/mol. The normalized spacial score (nSPS) is 13.8. The molecule has 5 nitrogen and oxygen atoms in total. The fourth-order valence-corrected chi connectivity index (χ4v) is 3.66. The zero-order valence-corrected chi connectivity index (χ0v) is 18.7. The molecule has 32 heavy (non-hydrogen) atoms. The Hall–Kier alpha value is -3.86. The highest BCUT2D eigenvalue weighted by Crippen LogP contribution is 2.34. The zero-order chi connectivity index (χ0) is 22.8. The summed E-state index contributed by atoms with van der Waals surface area (Å²) in [7, 11) is 0. The van der Waals surface area contributed by atoms with E-state index in [1.165, 1.54) is 4.90 Å². The highest BCUT2D eigenvalue weighted by atomic mass is 16.5. The van der Waals surface area contributed by atoms with Crippen LogP contribution in [0.2, 0.25) is 0 Å². The number of nitrogens with one attached hydrogen (secondary N) is 1. The van der Waals surface area contributed by atoms with Gasteiger partial charge in [0.2, 0.25) is 0 Å². The molecule has 1 heterocycles. The molecule has 0 radical (unpaired) electrons. The van der Waals surface area contributed by atoms with E-state index in [0.717, 1.165) is 16.8 Å². The molecule has 3 aromatic rings. The number of ether oxygens (including phenoxy) is 1. The van der Waals surface area contributed by atoms with Crippen molar-refractivity contribution in [2.45, 2.75) is 33.8 Å². The maximum Gasteiger partial charge on any atom is 0.282 e. The number of hydrogen-bond acceptors (Lipinski definition) is 4. The van der Waals surface area contributed by atoms with Gasteiger partial charge in [0, 0.05) is 5.69 Å². The molecule has 162 valence electrons. The maximum atomic E-state index is 13.5. The van der Waals surface area contributed by atoms with Crippen LogP contribution in [0.25, 0.3) is 5.57 Å². The predicted molar refractivity (Wildman–Crippen MR) is 128 cm³/mol. The summed E-state index contributed by atoms with van der Waals surface area (Å²) in [5, 5.41) is 3.22. The molecular formula is C27H26N2O3. The first-order valence-electron chi connectivity index (χ1n) is 10.6. The molecule has 0 fully saturated rings. The number of amides is 2. The molecule has 3 aromatic carbocycles. The van der Waals surface area contributed by atoms with Crippen LogP contribution in [0.5, 0.6) is 5.75 Å². The summed E-state index contributed by atoms with van der Waals surface area (Å²) < 4.78 is 5.72. The van der Waals surface area contributed by atoms with E-state index in [1.54, 1.807) is 12.1 Å². The summed E-state index contributed by atoms with van der Waals surface area (Å²) >= 11 is 0. The number of imide groups is 1. The number of anilines is 2. The van der Waals surface area contributed by atoms with Crippen LogP contribution < -0.4 is 15.0 Å². The number of carbonyl (C=O) groups excluding carboxylic acids is 2. The van der Waals surface area contributed by atoms with Gasteiger partial charge < -0.3 is 10.1 Å². The van der Waals surface area contributed by atoms with Gasteiger partial charge in [-0.05, 0) is 80.8 Å². The van der Waals surface area contributed by atoms with E-state index in [4.69, 9.17) is 4.74 Å². The summed E-state index contributed by atoms with van der Waals surface area (Å²) in [5.41, 5.74) is 4.82. The Bertz CT molecular complexity index is 1200. The molecule has 1 aliphatic heterocycles. The molecule has 1 N–H and O–H groups in total. The fraction of sp³-hybridized carbons (Fsp3) is 0.185. The minimum atomic E-state index is -0.378. The van der Waals surface area contributed by atoms with Crippen molar-refractivity contribution in [2.24, 2.45) is 0 Å². The van der Waals surface area contributed by atoms with Crippen LogP contribution in [0.4, 0.5) is 11.4 Å². The quantitative estimate of drug-likeness (QED) is 0.530. The number of rotatable bonds is 6. The number of carbonyl (C=O) groups is 2. The average Bonchev–Trinajstić information content (AvgIpc) is 3.01. The fourth-order valence-electron chi connectivity index (χ4n) is 3.66. The lowest BCUT2D eigenvalue weighted by Gasteiger charge is -2.15. The first kappa shape index (κ1) is 21.4. The number of nitrogens with zero attached hydrogens (tertiary/aromatic N) is 1. The van der Waals surface area contributed by atoms with Crippen LogP contribution in [0, 0.1) is 13.8 Å². The van der Waals surface area contributed by atoms with E-state index >= 15 is 0 Å². The summed E-state index contributed by atoms with van der Waals surface area (Å²) in [4.78, 5) is 28.1. The van der Waals surface area contributed by atoms with Gasteiger partial charge in [0.1, 0.15) is 11.4 Å². The van der Waals surface area contributed by atoms with Crippen LogP contribution >= 0.6 is 0 Å². The van der Waals surface area contributed by atoms with Gasteiger partial charge in [-0.1, -0.05) is 36.4 Å². The SMILES string of the molecule is Cc1ccc(NC2=C(c3ccc(OC(C)C)cc3)C(=O)N(c3ccccc3)C2=O)cc1C. The molecule has 0 aliphatic carbocycles. The van der Waals surface area contributed by atoms with Crippen molar-refractivity contribution in [3.63, 3.8) is 0 Å². The highest BCUT2D eigenvalue weighted by molar-refractivity contribution is 6.46. The Morgan fingerprint density at radius 2 is 1.50 bits per heavy atom. The molecular weight excluding hydrogens is 400 g/mol. The molecule has 0 spiro atoms. The number of benzene rings is 3. The maximum absolute atomic E-state index is 13.5. The van der Waals surface area contributed by atoms with Crippen molar-refractivity contribution in [2.75, 3.05) is 10.2 Å². The lowest BCUT2D eigenvalue weighted by molar-refractivity contribution is -0.120. The molecule has 0 saturated carbocycles. The van der Waals surface area contributed by atoms with Gasteiger partial charge in [-0.15, -0.1) is 0 Å². The second kappa shape index (κ2) is 8.71. The lowest BCUT2D eigenvalue weighted by Crippen LogP contribution is -2.32. The molecule has 1 aliphatic rings. The third-order valence-corrected chi connectivity index (χ3v) is 5.39. The van der Waals surface area contributed by atoms with E-state index in [-0.39, 0.29) is 23.6 Å². The Labute approximate surface area is 188 Å². The molecule has 5 heteroatoms. The van der Waals surface area contributed by atoms with Gasteiger partial charge in [-0.3, -0.25) is 9.59 Å². The summed E-state index contributed by atoms with van der Waals surface area (Å²) in [6, 6.07) is 22.1. The third-order valence-electron chi connectivity index (χ3n) is 5.39. The van der Waals surface area contributed by atoms with Crippen molar-refractivity contribution in [1.82, 2.24) is 0 Å². The van der Waals surface area contributed by atoms with Gasteiger partial charge in [0.05, 0.1) is 17.4 Å². The van der Waals surface area contributed by atoms with E-state index < -0.39 is 0 Å². The molecule has 0 saturated heterocycles. The zero-order valence-electron chi connectivity index (χ0n) is 18.7.